The summed E-state index contributed by atoms with van der Waals surface area (Å²) < 4.78 is 37.9. The number of nitrogens with one attached hydrogen (secondary N) is 1. The normalized spacial score (nSPS) is 11.8. The molecule has 0 atom stereocenters. The van der Waals surface area contributed by atoms with E-state index in [0.29, 0.717) is 11.3 Å². The van der Waals surface area contributed by atoms with Crippen molar-refractivity contribution >= 4 is 27.7 Å². The maximum absolute atomic E-state index is 13.1. The van der Waals surface area contributed by atoms with Crippen molar-refractivity contribution in [1.82, 2.24) is 4.47 Å². The monoisotopic (exact) mass is 364 g/mol. The fraction of sp³-hybridized carbons (Fsp3) is 0.118. The molecule has 0 fully saturated rings. The summed E-state index contributed by atoms with van der Waals surface area (Å²) in [7, 11) is -1.21. The van der Waals surface area contributed by atoms with E-state index < -0.39 is 15.9 Å². The molecule has 0 bridgehead atoms. The summed E-state index contributed by atoms with van der Waals surface area (Å²) in [6.07, 6.45) is 2.74. The third-order valence-electron chi connectivity index (χ3n) is 3.29. The van der Waals surface area contributed by atoms with Gasteiger partial charge >= 0.3 is 0 Å². The van der Waals surface area contributed by atoms with Crippen molar-refractivity contribution in [3.8, 4) is 0 Å². The number of sulfonamides is 1. The van der Waals surface area contributed by atoms with Crippen LogP contribution in [0, 0.1) is 5.82 Å². The van der Waals surface area contributed by atoms with Gasteiger partial charge in [0.15, 0.2) is 0 Å². The number of benzene rings is 2. The maximum atomic E-state index is 13.1. The Labute approximate surface area is 145 Å². The average molecular weight is 364 g/mol. The van der Waals surface area contributed by atoms with Crippen LogP contribution in [0.5, 0.6) is 0 Å². The fourth-order valence-corrected chi connectivity index (χ4v) is 2.90. The molecule has 8 heteroatoms. The zero-order chi connectivity index (χ0) is 18.4. The third kappa shape index (κ3) is 4.96. The first-order valence-corrected chi connectivity index (χ1v) is 8.64. The number of amides is 1. The van der Waals surface area contributed by atoms with Crippen LogP contribution in [0.15, 0.2) is 59.5 Å². The lowest BCUT2D eigenvalue weighted by atomic mass is 10.2. The van der Waals surface area contributed by atoms with Gasteiger partial charge in [-0.25, -0.2) is 12.8 Å². The molecule has 0 unspecified atom stereocenters. The smallest absolute Gasteiger partial charge is 0.264 e. The van der Waals surface area contributed by atoms with Gasteiger partial charge in [-0.3, -0.25) is 9.63 Å². The predicted molar refractivity (Wildman–Crippen MR) is 92.5 cm³/mol. The van der Waals surface area contributed by atoms with Crippen LogP contribution in [0.4, 0.5) is 10.1 Å². The van der Waals surface area contributed by atoms with Gasteiger partial charge in [0, 0.05) is 18.8 Å². The van der Waals surface area contributed by atoms with Gasteiger partial charge in [0.2, 0.25) is 5.91 Å². The predicted octanol–water partition coefficient (Wildman–Crippen LogP) is 2.66. The van der Waals surface area contributed by atoms with E-state index in [9.17, 15) is 17.6 Å². The Kier molecular flexibility index (Phi) is 6.02. The van der Waals surface area contributed by atoms with Crippen molar-refractivity contribution in [1.29, 1.82) is 0 Å². The zero-order valence-corrected chi connectivity index (χ0v) is 14.5. The molecule has 6 nitrogen and oxygen atoms in total. The molecule has 1 N–H and O–H groups in total. The molecule has 1 amide bonds. The molecule has 25 heavy (non-hydrogen) atoms. The van der Waals surface area contributed by atoms with E-state index in [1.165, 1.54) is 62.7 Å². The van der Waals surface area contributed by atoms with Crippen LogP contribution >= 0.6 is 0 Å². The number of carbonyl (C=O) groups excluding carboxylic acids is 1. The highest BCUT2D eigenvalue weighted by molar-refractivity contribution is 7.89. The maximum Gasteiger partial charge on any atom is 0.264 e. The topological polar surface area (TPSA) is 75.7 Å². The number of halogens is 1. The Balaban J connectivity index is 2.05. The molecule has 0 aliphatic carbocycles. The van der Waals surface area contributed by atoms with Gasteiger partial charge in [-0.15, -0.1) is 0 Å². The number of hydroxylamine groups is 1. The van der Waals surface area contributed by atoms with Crippen LogP contribution in [0.3, 0.4) is 0 Å². The van der Waals surface area contributed by atoms with Gasteiger partial charge in [0.1, 0.15) is 5.82 Å². The summed E-state index contributed by atoms with van der Waals surface area (Å²) in [6, 6.07) is 11.5. The first-order chi connectivity index (χ1) is 11.8. The molecular formula is C17H17FN2O4S. The van der Waals surface area contributed by atoms with E-state index in [0.717, 1.165) is 4.47 Å². The van der Waals surface area contributed by atoms with E-state index in [1.807, 2.05) is 0 Å². The van der Waals surface area contributed by atoms with Crippen LogP contribution in [-0.4, -0.2) is 33.0 Å². The minimum atomic E-state index is -3.74. The van der Waals surface area contributed by atoms with E-state index in [-0.39, 0.29) is 10.7 Å². The van der Waals surface area contributed by atoms with Crippen molar-refractivity contribution in [3.63, 3.8) is 0 Å². The highest BCUT2D eigenvalue weighted by Gasteiger charge is 2.20. The fourth-order valence-electron chi connectivity index (χ4n) is 1.92. The molecule has 0 aliphatic heterocycles. The van der Waals surface area contributed by atoms with Gasteiger partial charge in [-0.2, -0.15) is 0 Å². The lowest BCUT2D eigenvalue weighted by Crippen LogP contribution is -2.25. The Morgan fingerprint density at radius 2 is 1.88 bits per heavy atom. The first-order valence-electron chi connectivity index (χ1n) is 7.20. The molecule has 2 aromatic rings. The first kappa shape index (κ1) is 18.8. The molecule has 0 aromatic heterocycles. The van der Waals surface area contributed by atoms with Crippen LogP contribution < -0.4 is 5.32 Å². The van der Waals surface area contributed by atoms with Gasteiger partial charge in [0.05, 0.1) is 12.0 Å². The number of hydrogen-bond donors (Lipinski definition) is 1. The SMILES string of the molecule is CON(C)S(=O)(=O)c1ccc(NC(=O)/C=C/c2cccc(F)c2)cc1. The molecular weight excluding hydrogens is 347 g/mol. The largest absolute Gasteiger partial charge is 0.323 e. The van der Waals surface area contributed by atoms with Gasteiger partial charge in [0.25, 0.3) is 10.0 Å². The van der Waals surface area contributed by atoms with E-state index >= 15 is 0 Å². The second-order valence-corrected chi connectivity index (χ2v) is 6.94. The summed E-state index contributed by atoms with van der Waals surface area (Å²) in [5.74, 6) is -0.811. The Morgan fingerprint density at radius 3 is 2.48 bits per heavy atom. The summed E-state index contributed by atoms with van der Waals surface area (Å²) in [6.45, 7) is 0. The lowest BCUT2D eigenvalue weighted by molar-refractivity contribution is -0.111. The van der Waals surface area contributed by atoms with Crippen LogP contribution in [0.25, 0.3) is 6.08 Å². The van der Waals surface area contributed by atoms with Crippen molar-refractivity contribution in [3.05, 3.63) is 66.0 Å². The Bertz CT molecular complexity index is 880. The number of rotatable bonds is 6. The van der Waals surface area contributed by atoms with Crippen LogP contribution in [0.1, 0.15) is 5.56 Å². The molecule has 0 saturated carbocycles. The molecule has 0 aliphatic rings. The molecule has 0 radical (unpaired) electrons. The number of anilines is 1. The lowest BCUT2D eigenvalue weighted by Gasteiger charge is -2.14. The number of nitrogens with zero attached hydrogens (tertiary/aromatic N) is 1. The average Bonchev–Trinajstić information content (AvgIpc) is 2.59. The summed E-state index contributed by atoms with van der Waals surface area (Å²) >= 11 is 0. The van der Waals surface area contributed by atoms with E-state index in [2.05, 4.69) is 10.2 Å². The molecule has 2 rings (SSSR count). The second-order valence-electron chi connectivity index (χ2n) is 5.00. The van der Waals surface area contributed by atoms with Crippen LogP contribution in [-0.2, 0) is 19.7 Å². The van der Waals surface area contributed by atoms with Gasteiger partial charge in [-0.1, -0.05) is 16.6 Å². The number of hydrogen-bond acceptors (Lipinski definition) is 4. The number of carbonyl (C=O) groups is 1. The van der Waals surface area contributed by atoms with Crippen molar-refractivity contribution in [2.45, 2.75) is 4.90 Å². The summed E-state index contributed by atoms with van der Waals surface area (Å²) in [5, 5.41) is 2.59. The molecule has 0 spiro atoms. The summed E-state index contributed by atoms with van der Waals surface area (Å²) in [4.78, 5) is 16.6. The Hall–Kier alpha value is -2.55. The molecule has 132 valence electrons. The quantitative estimate of drug-likeness (QED) is 0.632. The van der Waals surface area contributed by atoms with Crippen molar-refractivity contribution in [2.24, 2.45) is 0 Å². The highest BCUT2D eigenvalue weighted by atomic mass is 32.2. The molecule has 0 heterocycles. The van der Waals surface area contributed by atoms with Gasteiger partial charge in [-0.05, 0) is 48.0 Å². The van der Waals surface area contributed by atoms with E-state index in [1.54, 1.807) is 12.1 Å². The van der Waals surface area contributed by atoms with Crippen molar-refractivity contribution in [2.75, 3.05) is 19.5 Å². The van der Waals surface area contributed by atoms with Gasteiger partial charge < -0.3 is 5.32 Å². The Morgan fingerprint density at radius 1 is 1.20 bits per heavy atom. The highest BCUT2D eigenvalue weighted by Crippen LogP contribution is 2.17. The summed E-state index contributed by atoms with van der Waals surface area (Å²) in [5.41, 5.74) is 0.979. The molecule has 2 aromatic carbocycles. The van der Waals surface area contributed by atoms with Crippen LogP contribution in [0.2, 0.25) is 0 Å². The zero-order valence-electron chi connectivity index (χ0n) is 13.6. The minimum absolute atomic E-state index is 0.0325. The van der Waals surface area contributed by atoms with Crippen molar-refractivity contribution < 1.29 is 22.4 Å². The minimum Gasteiger partial charge on any atom is -0.323 e. The standard InChI is InChI=1S/C17H17FN2O4S/c1-20(24-2)25(22,23)16-9-7-15(8-10-16)19-17(21)11-6-13-4-3-5-14(18)12-13/h3-12H,1-2H3,(H,19,21)/b11-6+. The van der Waals surface area contributed by atoms with E-state index in [4.69, 9.17) is 0 Å². The second kappa shape index (κ2) is 8.02. The molecule has 0 saturated heterocycles. The third-order valence-corrected chi connectivity index (χ3v) is 4.99.